The molecule has 0 saturated heterocycles. The average molecular weight is 358 g/mol. The molecule has 0 unspecified atom stereocenters. The molecule has 0 amide bonds. The SMILES string of the molecule is CC(C)(C)[Si](C)(C)Oc1cccc(COc2ccccc2B(O)O)c1. The molecule has 4 nitrogen and oxygen atoms in total. The number of para-hydroxylation sites is 1. The maximum absolute atomic E-state index is 9.41. The van der Waals surface area contributed by atoms with E-state index in [9.17, 15) is 10.0 Å². The molecule has 0 aliphatic rings. The fourth-order valence-corrected chi connectivity index (χ4v) is 3.16. The lowest BCUT2D eigenvalue weighted by Gasteiger charge is -2.36. The van der Waals surface area contributed by atoms with E-state index in [1.165, 1.54) is 0 Å². The number of hydrogen-bond donors (Lipinski definition) is 2. The van der Waals surface area contributed by atoms with Gasteiger partial charge in [-0.2, -0.15) is 0 Å². The molecule has 0 spiro atoms. The maximum Gasteiger partial charge on any atom is 0.492 e. The molecule has 2 rings (SSSR count). The van der Waals surface area contributed by atoms with Gasteiger partial charge in [0.2, 0.25) is 8.32 Å². The zero-order chi connectivity index (χ0) is 18.7. The Morgan fingerprint density at radius 3 is 2.32 bits per heavy atom. The molecule has 0 radical (unpaired) electrons. The fraction of sp³-hybridized carbons (Fsp3) is 0.368. The summed E-state index contributed by atoms with van der Waals surface area (Å²) in [6, 6.07) is 14.8. The summed E-state index contributed by atoms with van der Waals surface area (Å²) in [4.78, 5) is 0. The van der Waals surface area contributed by atoms with E-state index in [-0.39, 0.29) is 5.04 Å². The highest BCUT2D eigenvalue weighted by Gasteiger charge is 2.38. The van der Waals surface area contributed by atoms with E-state index in [0.29, 0.717) is 17.8 Å². The molecule has 0 saturated carbocycles. The van der Waals surface area contributed by atoms with E-state index in [0.717, 1.165) is 11.3 Å². The highest BCUT2D eigenvalue weighted by molar-refractivity contribution is 6.74. The molecule has 0 heterocycles. The summed E-state index contributed by atoms with van der Waals surface area (Å²) in [5, 5.41) is 19.0. The monoisotopic (exact) mass is 358 g/mol. The van der Waals surface area contributed by atoms with Gasteiger partial charge in [0.1, 0.15) is 18.1 Å². The first-order chi connectivity index (χ1) is 11.6. The van der Waals surface area contributed by atoms with Crippen LogP contribution in [-0.2, 0) is 6.61 Å². The van der Waals surface area contributed by atoms with Gasteiger partial charge in [0.05, 0.1) is 0 Å². The molecule has 0 atom stereocenters. The highest BCUT2D eigenvalue weighted by Crippen LogP contribution is 2.37. The van der Waals surface area contributed by atoms with E-state index < -0.39 is 15.4 Å². The first-order valence-electron chi connectivity index (χ1n) is 8.46. The number of hydrogen-bond acceptors (Lipinski definition) is 4. The lowest BCUT2D eigenvalue weighted by molar-refractivity contribution is 0.306. The molecule has 134 valence electrons. The van der Waals surface area contributed by atoms with E-state index in [1.807, 2.05) is 24.3 Å². The zero-order valence-corrected chi connectivity index (χ0v) is 16.6. The average Bonchev–Trinajstić information content (AvgIpc) is 2.52. The van der Waals surface area contributed by atoms with Crippen LogP contribution in [0.5, 0.6) is 11.5 Å². The summed E-state index contributed by atoms with van der Waals surface area (Å²) in [5.74, 6) is 1.32. The molecule has 0 aliphatic carbocycles. The fourth-order valence-electron chi connectivity index (χ4n) is 2.13. The van der Waals surface area contributed by atoms with Gasteiger partial charge in [0, 0.05) is 5.46 Å². The van der Waals surface area contributed by atoms with Crippen LogP contribution in [0.25, 0.3) is 0 Å². The summed E-state index contributed by atoms with van der Waals surface area (Å²) in [6.07, 6.45) is 0. The van der Waals surface area contributed by atoms with Crippen LogP contribution in [0.15, 0.2) is 48.5 Å². The largest absolute Gasteiger partial charge is 0.543 e. The van der Waals surface area contributed by atoms with Crippen molar-refractivity contribution in [1.29, 1.82) is 0 Å². The van der Waals surface area contributed by atoms with Gasteiger partial charge in [-0.25, -0.2) is 0 Å². The van der Waals surface area contributed by atoms with Gasteiger partial charge in [-0.1, -0.05) is 51.1 Å². The Balaban J connectivity index is 2.10. The predicted octanol–water partition coefficient (Wildman–Crippen LogP) is 3.33. The lowest BCUT2D eigenvalue weighted by atomic mass is 9.79. The smallest absolute Gasteiger partial charge is 0.492 e. The molecule has 2 N–H and O–H groups in total. The van der Waals surface area contributed by atoms with Crippen molar-refractivity contribution < 1.29 is 19.2 Å². The Bertz CT molecular complexity index is 711. The lowest BCUT2D eigenvalue weighted by Crippen LogP contribution is -2.43. The third-order valence-corrected chi connectivity index (χ3v) is 9.03. The Morgan fingerprint density at radius 1 is 1.00 bits per heavy atom. The van der Waals surface area contributed by atoms with Crippen LogP contribution in [0, 0.1) is 0 Å². The zero-order valence-electron chi connectivity index (χ0n) is 15.6. The number of rotatable bonds is 6. The van der Waals surface area contributed by atoms with Gasteiger partial charge in [-0.05, 0) is 41.9 Å². The van der Waals surface area contributed by atoms with Gasteiger partial charge in [-0.3, -0.25) is 0 Å². The second-order valence-electron chi connectivity index (χ2n) is 7.71. The molecule has 2 aromatic carbocycles. The van der Waals surface area contributed by atoms with Crippen LogP contribution in [0.3, 0.4) is 0 Å². The van der Waals surface area contributed by atoms with Crippen LogP contribution >= 0.6 is 0 Å². The first kappa shape index (κ1) is 19.6. The summed E-state index contributed by atoms with van der Waals surface area (Å²) in [6.45, 7) is 11.4. The summed E-state index contributed by atoms with van der Waals surface area (Å²) in [7, 11) is -3.44. The van der Waals surface area contributed by atoms with Gasteiger partial charge in [0.25, 0.3) is 0 Å². The Kier molecular flexibility index (Phi) is 5.98. The van der Waals surface area contributed by atoms with Crippen molar-refractivity contribution in [2.24, 2.45) is 0 Å². The molecular formula is C19H27BO4Si. The topological polar surface area (TPSA) is 58.9 Å². The van der Waals surface area contributed by atoms with Crippen molar-refractivity contribution in [3.63, 3.8) is 0 Å². The van der Waals surface area contributed by atoms with E-state index in [1.54, 1.807) is 24.3 Å². The number of ether oxygens (including phenoxy) is 1. The molecule has 25 heavy (non-hydrogen) atoms. The van der Waals surface area contributed by atoms with Crippen molar-refractivity contribution >= 4 is 20.9 Å². The molecule has 6 heteroatoms. The van der Waals surface area contributed by atoms with Crippen molar-refractivity contribution in [2.75, 3.05) is 0 Å². The van der Waals surface area contributed by atoms with E-state index >= 15 is 0 Å². The molecule has 2 aromatic rings. The van der Waals surface area contributed by atoms with Crippen LogP contribution in [0.4, 0.5) is 0 Å². The van der Waals surface area contributed by atoms with Crippen LogP contribution in [-0.4, -0.2) is 25.5 Å². The third-order valence-electron chi connectivity index (χ3n) is 4.67. The maximum atomic E-state index is 9.41. The van der Waals surface area contributed by atoms with Crippen molar-refractivity contribution in [2.45, 2.75) is 45.5 Å². The Labute approximate surface area is 151 Å². The van der Waals surface area contributed by atoms with Gasteiger partial charge in [-0.15, -0.1) is 0 Å². The van der Waals surface area contributed by atoms with Gasteiger partial charge in [0.15, 0.2) is 0 Å². The summed E-state index contributed by atoms with van der Waals surface area (Å²) in [5.41, 5.74) is 1.33. The van der Waals surface area contributed by atoms with E-state index in [4.69, 9.17) is 9.16 Å². The predicted molar refractivity (Wildman–Crippen MR) is 105 cm³/mol. The Hall–Kier alpha value is -1.76. The van der Waals surface area contributed by atoms with Crippen molar-refractivity contribution in [3.8, 4) is 11.5 Å². The molecule has 0 fully saturated rings. The van der Waals surface area contributed by atoms with Gasteiger partial charge >= 0.3 is 7.12 Å². The quantitative estimate of drug-likeness (QED) is 0.778. The van der Waals surface area contributed by atoms with Crippen molar-refractivity contribution in [1.82, 2.24) is 0 Å². The minimum atomic E-state index is -1.89. The molecule has 0 bridgehead atoms. The highest BCUT2D eigenvalue weighted by atomic mass is 28.4. The molecule has 0 aliphatic heterocycles. The van der Waals surface area contributed by atoms with Crippen LogP contribution < -0.4 is 14.6 Å². The second-order valence-corrected chi connectivity index (χ2v) is 12.4. The normalized spacial score (nSPS) is 12.0. The number of benzene rings is 2. The van der Waals surface area contributed by atoms with Crippen molar-refractivity contribution in [3.05, 3.63) is 54.1 Å². The molecule has 0 aromatic heterocycles. The summed E-state index contributed by atoms with van der Waals surface area (Å²) >= 11 is 0. The standard InChI is InChI=1S/C19H27BO4Si/c1-19(2,3)25(4,5)24-16-10-8-9-15(13-16)14-23-18-12-7-6-11-17(18)20(21)22/h6-13,21-22H,14H2,1-5H3. The minimum absolute atomic E-state index is 0.135. The van der Waals surface area contributed by atoms with Crippen LogP contribution in [0.2, 0.25) is 18.1 Å². The summed E-state index contributed by atoms with van der Waals surface area (Å²) < 4.78 is 12.1. The van der Waals surface area contributed by atoms with Crippen LogP contribution in [0.1, 0.15) is 26.3 Å². The minimum Gasteiger partial charge on any atom is -0.543 e. The second kappa shape index (κ2) is 7.64. The van der Waals surface area contributed by atoms with Gasteiger partial charge < -0.3 is 19.2 Å². The first-order valence-corrected chi connectivity index (χ1v) is 11.4. The Morgan fingerprint density at radius 2 is 1.68 bits per heavy atom. The van der Waals surface area contributed by atoms with E-state index in [2.05, 4.69) is 33.9 Å². The molecular weight excluding hydrogens is 331 g/mol. The third kappa shape index (κ3) is 5.11.